The highest BCUT2D eigenvalue weighted by Gasteiger charge is 2.20. The van der Waals surface area contributed by atoms with Crippen LogP contribution in [0.4, 0.5) is 21.7 Å². The summed E-state index contributed by atoms with van der Waals surface area (Å²) in [7, 11) is 1.85. The van der Waals surface area contributed by atoms with Gasteiger partial charge < -0.3 is 15.2 Å². The first kappa shape index (κ1) is 15.7. The summed E-state index contributed by atoms with van der Waals surface area (Å²) < 4.78 is 16.3. The lowest BCUT2D eigenvalue weighted by Gasteiger charge is -2.24. The fourth-order valence-corrected chi connectivity index (χ4v) is 2.72. The summed E-state index contributed by atoms with van der Waals surface area (Å²) in [5.41, 5.74) is 8.33. The van der Waals surface area contributed by atoms with E-state index in [1.807, 2.05) is 24.6 Å². The van der Waals surface area contributed by atoms with Crippen molar-refractivity contribution in [3.05, 3.63) is 35.7 Å². The van der Waals surface area contributed by atoms with Gasteiger partial charge in [0.2, 0.25) is 5.95 Å². The Balaban J connectivity index is 2.20. The van der Waals surface area contributed by atoms with Crippen LogP contribution in [0.15, 0.2) is 18.5 Å². The highest BCUT2D eigenvalue weighted by Crippen LogP contribution is 2.32. The lowest BCUT2D eigenvalue weighted by Crippen LogP contribution is -2.21. The monoisotopic (exact) mass is 325 g/mol. The molecule has 24 heavy (non-hydrogen) atoms. The molecular weight excluding hydrogens is 309 g/mol. The van der Waals surface area contributed by atoms with Gasteiger partial charge in [0.05, 0.1) is 11.8 Å². The fourth-order valence-electron chi connectivity index (χ4n) is 2.72. The average Bonchev–Trinajstić information content (AvgIpc) is 2.92. The summed E-state index contributed by atoms with van der Waals surface area (Å²) in [5.74, 6) is 0.0692. The van der Waals surface area contributed by atoms with Gasteiger partial charge in [-0.1, -0.05) is 0 Å². The van der Waals surface area contributed by atoms with Gasteiger partial charge >= 0.3 is 0 Å². The van der Waals surface area contributed by atoms with Gasteiger partial charge in [0.1, 0.15) is 28.8 Å². The molecule has 3 aromatic rings. The number of anilines is 3. The zero-order valence-corrected chi connectivity index (χ0v) is 13.6. The molecule has 7 nitrogen and oxygen atoms in total. The van der Waals surface area contributed by atoms with Gasteiger partial charge in [0, 0.05) is 19.7 Å². The molecule has 0 amide bonds. The first-order chi connectivity index (χ1) is 11.5. The fraction of sp³-hybridized carbons (Fsp3) is 0.250. The summed E-state index contributed by atoms with van der Waals surface area (Å²) in [6.45, 7) is 4.07. The molecule has 0 spiro atoms. The third kappa shape index (κ3) is 2.40. The molecule has 0 aliphatic rings. The summed E-state index contributed by atoms with van der Waals surface area (Å²) in [6, 6.07) is 5.21. The normalized spacial score (nSPS) is 10.8. The Morgan fingerprint density at radius 3 is 2.75 bits per heavy atom. The number of rotatable bonds is 3. The molecule has 3 rings (SSSR count). The number of aromatic nitrogens is 4. The van der Waals surface area contributed by atoms with Gasteiger partial charge in [-0.05, 0) is 25.5 Å². The zero-order chi connectivity index (χ0) is 17.4. The summed E-state index contributed by atoms with van der Waals surface area (Å²) in [5, 5.41) is 8.92. The van der Waals surface area contributed by atoms with E-state index in [4.69, 9.17) is 11.0 Å². The van der Waals surface area contributed by atoms with Crippen molar-refractivity contribution in [3.63, 3.8) is 0 Å². The van der Waals surface area contributed by atoms with Crippen LogP contribution in [0.5, 0.6) is 0 Å². The molecule has 0 saturated carbocycles. The molecule has 0 radical (unpaired) electrons. The van der Waals surface area contributed by atoms with E-state index in [9.17, 15) is 4.39 Å². The number of nitriles is 1. The second kappa shape index (κ2) is 5.77. The van der Waals surface area contributed by atoms with Crippen molar-refractivity contribution in [3.8, 4) is 6.07 Å². The van der Waals surface area contributed by atoms with Gasteiger partial charge in [-0.2, -0.15) is 9.65 Å². The SMILES string of the molecule is CCN(c1cc2c(ncn2C)c(N)n1)c1c(C)cc(C#N)nc1F. The third-order valence-corrected chi connectivity index (χ3v) is 3.84. The van der Waals surface area contributed by atoms with E-state index in [1.165, 1.54) is 0 Å². The standard InChI is InChI=1S/C16H16FN7/c1-4-24(14-9(2)5-10(7-18)21-15(14)17)12-6-11-13(16(19)22-12)20-8-23(11)3/h5-6,8H,4H2,1-3H3,(H2,19,22). The van der Waals surface area contributed by atoms with E-state index >= 15 is 0 Å². The Labute approximate surface area is 138 Å². The molecule has 0 unspecified atom stereocenters. The molecule has 0 aliphatic heterocycles. The number of nitrogen functional groups attached to an aromatic ring is 1. The Morgan fingerprint density at radius 2 is 2.12 bits per heavy atom. The third-order valence-electron chi connectivity index (χ3n) is 3.84. The molecule has 0 saturated heterocycles. The van der Waals surface area contributed by atoms with Crippen LogP contribution in [-0.2, 0) is 7.05 Å². The molecule has 8 heteroatoms. The maximum Gasteiger partial charge on any atom is 0.238 e. The number of hydrogen-bond acceptors (Lipinski definition) is 6. The number of imidazole rings is 1. The van der Waals surface area contributed by atoms with Gasteiger partial charge in [-0.15, -0.1) is 0 Å². The Kier molecular flexibility index (Phi) is 3.77. The largest absolute Gasteiger partial charge is 0.382 e. The van der Waals surface area contributed by atoms with E-state index in [-0.39, 0.29) is 17.2 Å². The maximum absolute atomic E-state index is 14.5. The average molecular weight is 325 g/mol. The first-order valence-electron chi connectivity index (χ1n) is 7.38. The quantitative estimate of drug-likeness (QED) is 0.743. The zero-order valence-electron chi connectivity index (χ0n) is 13.6. The van der Waals surface area contributed by atoms with Gasteiger partial charge in [-0.3, -0.25) is 0 Å². The Morgan fingerprint density at radius 1 is 1.38 bits per heavy atom. The minimum Gasteiger partial charge on any atom is -0.382 e. The molecular formula is C16H16FN7. The van der Waals surface area contributed by atoms with Gasteiger partial charge in [0.25, 0.3) is 0 Å². The number of hydrogen-bond donors (Lipinski definition) is 1. The Hall–Kier alpha value is -3.21. The van der Waals surface area contributed by atoms with Crippen LogP contribution < -0.4 is 10.6 Å². The predicted octanol–water partition coefficient (Wildman–Crippen LogP) is 2.42. The number of nitrogens with zero attached hydrogens (tertiary/aromatic N) is 6. The summed E-state index contributed by atoms with van der Waals surface area (Å²) in [4.78, 5) is 13.9. The van der Waals surface area contributed by atoms with Crippen molar-refractivity contribution >= 4 is 28.4 Å². The van der Waals surface area contributed by atoms with E-state index in [0.717, 1.165) is 5.52 Å². The van der Waals surface area contributed by atoms with E-state index in [0.29, 0.717) is 23.4 Å². The molecule has 122 valence electrons. The number of fused-ring (bicyclic) bond motifs is 1. The van der Waals surface area contributed by atoms with Crippen molar-refractivity contribution in [1.29, 1.82) is 5.26 Å². The summed E-state index contributed by atoms with van der Waals surface area (Å²) in [6.07, 6.45) is 1.65. The van der Waals surface area contributed by atoms with Gasteiger partial charge in [-0.25, -0.2) is 15.0 Å². The molecule has 3 heterocycles. The van der Waals surface area contributed by atoms with Crippen LogP contribution in [0, 0.1) is 24.2 Å². The van der Waals surface area contributed by atoms with E-state index in [1.54, 1.807) is 30.3 Å². The van der Waals surface area contributed by atoms with Crippen LogP contribution in [0.3, 0.4) is 0 Å². The van der Waals surface area contributed by atoms with Crippen LogP contribution in [0.25, 0.3) is 11.0 Å². The lowest BCUT2D eigenvalue weighted by molar-refractivity contribution is 0.579. The molecule has 0 atom stereocenters. The lowest BCUT2D eigenvalue weighted by atomic mass is 10.2. The van der Waals surface area contributed by atoms with Crippen molar-refractivity contribution in [2.45, 2.75) is 13.8 Å². The molecule has 0 fully saturated rings. The molecule has 0 aliphatic carbocycles. The van der Waals surface area contributed by atoms with E-state index < -0.39 is 5.95 Å². The van der Waals surface area contributed by atoms with E-state index in [2.05, 4.69) is 15.0 Å². The van der Waals surface area contributed by atoms with Crippen LogP contribution in [0.2, 0.25) is 0 Å². The second-order valence-corrected chi connectivity index (χ2v) is 5.41. The number of pyridine rings is 2. The molecule has 3 aromatic heterocycles. The highest BCUT2D eigenvalue weighted by atomic mass is 19.1. The van der Waals surface area contributed by atoms with Crippen molar-refractivity contribution in [2.24, 2.45) is 7.05 Å². The maximum atomic E-state index is 14.5. The topological polar surface area (TPSA) is 96.6 Å². The number of nitrogens with two attached hydrogens (primary N) is 1. The molecule has 2 N–H and O–H groups in total. The highest BCUT2D eigenvalue weighted by molar-refractivity contribution is 5.88. The van der Waals surface area contributed by atoms with Crippen LogP contribution in [-0.4, -0.2) is 26.1 Å². The molecule has 0 aromatic carbocycles. The molecule has 0 bridgehead atoms. The Bertz CT molecular complexity index is 947. The minimum atomic E-state index is -0.709. The smallest absolute Gasteiger partial charge is 0.238 e. The van der Waals surface area contributed by atoms with Crippen molar-refractivity contribution in [1.82, 2.24) is 19.5 Å². The number of aryl methyl sites for hydroxylation is 2. The second-order valence-electron chi connectivity index (χ2n) is 5.41. The van der Waals surface area contributed by atoms with Crippen molar-refractivity contribution in [2.75, 3.05) is 17.2 Å². The van der Waals surface area contributed by atoms with Crippen molar-refractivity contribution < 1.29 is 4.39 Å². The number of halogens is 1. The predicted molar refractivity (Wildman–Crippen MR) is 89.2 cm³/mol. The van der Waals surface area contributed by atoms with Gasteiger partial charge in [0.15, 0.2) is 5.82 Å². The van der Waals surface area contributed by atoms with Crippen LogP contribution in [0.1, 0.15) is 18.2 Å². The minimum absolute atomic E-state index is 0.0411. The summed E-state index contributed by atoms with van der Waals surface area (Å²) >= 11 is 0. The first-order valence-corrected chi connectivity index (χ1v) is 7.38. The van der Waals surface area contributed by atoms with Crippen LogP contribution >= 0.6 is 0 Å².